The Morgan fingerprint density at radius 3 is 2.52 bits per heavy atom. The number of phenolic OH excluding ortho intramolecular Hbond substituents is 1. The second-order valence-corrected chi connectivity index (χ2v) is 13.4. The van der Waals surface area contributed by atoms with Crippen molar-refractivity contribution in [2.45, 2.75) is 57.8 Å². The van der Waals surface area contributed by atoms with Gasteiger partial charge in [0, 0.05) is 29.6 Å². The van der Waals surface area contributed by atoms with E-state index in [9.17, 15) is 19.5 Å². The molecule has 0 fully saturated rings. The van der Waals surface area contributed by atoms with E-state index in [1.54, 1.807) is 6.07 Å². The number of rotatable bonds is 8. The lowest BCUT2D eigenvalue weighted by Crippen LogP contribution is -2.42. The van der Waals surface area contributed by atoms with E-state index >= 15 is 0 Å². The summed E-state index contributed by atoms with van der Waals surface area (Å²) in [6.07, 6.45) is 0.0849. The summed E-state index contributed by atoms with van der Waals surface area (Å²) in [6, 6.07) is 4.91. The zero-order valence-corrected chi connectivity index (χ0v) is 19.7. The van der Waals surface area contributed by atoms with Crippen LogP contribution in [-0.4, -0.2) is 30.9 Å². The van der Waals surface area contributed by atoms with Gasteiger partial charge in [-0.3, -0.25) is 0 Å². The van der Waals surface area contributed by atoms with Gasteiger partial charge in [-0.15, -0.1) is 0 Å². The second-order valence-electron chi connectivity index (χ2n) is 7.80. The molecule has 9 heteroatoms. The van der Waals surface area contributed by atoms with Crippen LogP contribution in [-0.2, 0) is 11.3 Å². The summed E-state index contributed by atoms with van der Waals surface area (Å²) in [4.78, 5) is 34.6. The van der Waals surface area contributed by atoms with Crippen LogP contribution in [0.1, 0.15) is 39.7 Å². The number of hydrogen-bond acceptors (Lipinski definition) is 6. The lowest BCUT2D eigenvalue weighted by molar-refractivity contribution is 0.140. The van der Waals surface area contributed by atoms with Crippen LogP contribution < -0.4 is 10.9 Å². The molecular weight excluding hydrogens is 458 g/mol. The predicted octanol–water partition coefficient (Wildman–Crippen LogP) is 4.64. The molecule has 0 saturated heterocycles. The number of benzene rings is 1. The van der Waals surface area contributed by atoms with Gasteiger partial charge in [0.2, 0.25) is 0 Å². The van der Waals surface area contributed by atoms with E-state index in [1.165, 1.54) is 12.1 Å². The highest BCUT2D eigenvalue weighted by Crippen LogP contribution is 2.34. The van der Waals surface area contributed by atoms with Crippen molar-refractivity contribution in [2.24, 2.45) is 0 Å². The first-order valence-electron chi connectivity index (χ1n) is 9.62. The lowest BCUT2D eigenvalue weighted by Gasteiger charge is -2.33. The zero-order chi connectivity index (χ0) is 21.8. The molecule has 0 atom stereocenters. The first-order chi connectivity index (χ1) is 13.5. The number of ether oxygens (including phenoxy) is 1. The van der Waals surface area contributed by atoms with E-state index in [0.29, 0.717) is 34.4 Å². The normalized spacial score (nSPS) is 12.0. The third kappa shape index (κ3) is 5.83. The summed E-state index contributed by atoms with van der Waals surface area (Å²) >= 11 is 3.22. The maximum atomic E-state index is 12.0. The third-order valence-electron chi connectivity index (χ3n) is 5.28. The van der Waals surface area contributed by atoms with Gasteiger partial charge >= 0.3 is 11.7 Å². The van der Waals surface area contributed by atoms with Crippen LogP contribution in [0.4, 0.5) is 4.79 Å². The fourth-order valence-corrected chi connectivity index (χ4v) is 6.93. The van der Waals surface area contributed by atoms with E-state index in [4.69, 9.17) is 9.15 Å². The van der Waals surface area contributed by atoms with E-state index in [-0.39, 0.29) is 29.0 Å². The minimum absolute atomic E-state index is 0.0530. The number of halogens is 1. The highest BCUT2D eigenvalue weighted by atomic mass is 79.9. The first-order valence-corrected chi connectivity index (χ1v) is 12.7. The molecule has 1 aromatic heterocycles. The fourth-order valence-electron chi connectivity index (χ4n) is 3.36. The number of phenols is 1. The molecule has 160 valence electrons. The van der Waals surface area contributed by atoms with Gasteiger partial charge in [-0.25, -0.2) is 9.59 Å². The number of carbonyl (C=O) groups is 1. The van der Waals surface area contributed by atoms with E-state index in [2.05, 4.69) is 21.2 Å². The topological polar surface area (TPSA) is 109 Å². The highest BCUT2D eigenvalue weighted by Gasteiger charge is 2.37. The summed E-state index contributed by atoms with van der Waals surface area (Å²) < 4.78 is 10.8. The summed E-state index contributed by atoms with van der Waals surface area (Å²) in [5, 5.41) is 13.0. The van der Waals surface area contributed by atoms with Crippen LogP contribution in [0.3, 0.4) is 0 Å². The van der Waals surface area contributed by atoms with E-state index in [1.807, 2.05) is 27.7 Å². The molecule has 7 nitrogen and oxygen atoms in total. The van der Waals surface area contributed by atoms with Gasteiger partial charge in [0.25, 0.3) is 0 Å². The van der Waals surface area contributed by atoms with Crippen LogP contribution in [0.25, 0.3) is 11.0 Å². The van der Waals surface area contributed by atoms with Gasteiger partial charge in [0.05, 0.1) is 4.47 Å². The number of carbonyl (C=O) groups excluding carboxylic acids is 1. The van der Waals surface area contributed by atoms with Crippen molar-refractivity contribution < 1.29 is 23.9 Å². The van der Waals surface area contributed by atoms with Crippen LogP contribution in [0.2, 0.25) is 17.1 Å². The standard InChI is InChI=1S/C20H28BrNO6Si/c1-12(2)29(26,13(3)4)7-5-6-22-20(25)27-11-14-8-19(24)28-18-10-17(23)16(21)9-15(14)18/h8-10,12-13,23,26H,5-7,11H2,1-4H3,(H,22,25). The van der Waals surface area contributed by atoms with Crippen molar-refractivity contribution in [3.05, 3.63) is 38.7 Å². The predicted molar refractivity (Wildman–Crippen MR) is 118 cm³/mol. The van der Waals surface area contributed by atoms with Gasteiger partial charge < -0.3 is 24.4 Å². The number of nitrogens with one attached hydrogen (secondary N) is 1. The van der Waals surface area contributed by atoms with Crippen LogP contribution >= 0.6 is 15.9 Å². The van der Waals surface area contributed by atoms with E-state index < -0.39 is 20.0 Å². The van der Waals surface area contributed by atoms with E-state index in [0.717, 1.165) is 0 Å². The Hall–Kier alpha value is -1.84. The Balaban J connectivity index is 1.93. The molecule has 0 radical (unpaired) electrons. The molecule has 29 heavy (non-hydrogen) atoms. The Kier molecular flexibility index (Phi) is 7.90. The number of amides is 1. The molecule has 0 aliphatic heterocycles. The molecule has 0 aliphatic carbocycles. The third-order valence-corrected chi connectivity index (χ3v) is 11.1. The molecule has 2 rings (SSSR count). The summed E-state index contributed by atoms with van der Waals surface area (Å²) in [5.41, 5.74) is 0.611. The second kappa shape index (κ2) is 9.77. The SMILES string of the molecule is CC(C)[Si](O)(CCCNC(=O)OCc1cc(=O)oc2cc(O)c(Br)cc12)C(C)C. The molecule has 1 amide bonds. The Morgan fingerprint density at radius 2 is 1.90 bits per heavy atom. The molecule has 0 saturated carbocycles. The molecule has 0 aliphatic rings. The van der Waals surface area contributed by atoms with Crippen molar-refractivity contribution >= 4 is 41.3 Å². The molecule has 0 unspecified atom stereocenters. The summed E-state index contributed by atoms with van der Waals surface area (Å²) in [7, 11) is -2.36. The number of hydrogen-bond donors (Lipinski definition) is 3. The maximum Gasteiger partial charge on any atom is 0.407 e. The number of alkyl carbamates (subject to hydrolysis) is 1. The van der Waals surface area contributed by atoms with Gasteiger partial charge in [-0.1, -0.05) is 27.7 Å². The highest BCUT2D eigenvalue weighted by molar-refractivity contribution is 9.10. The van der Waals surface area contributed by atoms with Crippen molar-refractivity contribution in [2.75, 3.05) is 6.54 Å². The lowest BCUT2D eigenvalue weighted by atomic mass is 10.1. The average molecular weight is 486 g/mol. The molecule has 2 aromatic rings. The van der Waals surface area contributed by atoms with Crippen molar-refractivity contribution in [3.8, 4) is 5.75 Å². The fraction of sp³-hybridized carbons (Fsp3) is 0.500. The van der Waals surface area contributed by atoms with Gasteiger partial charge in [0.1, 0.15) is 17.9 Å². The smallest absolute Gasteiger partial charge is 0.407 e. The quantitative estimate of drug-likeness (QED) is 0.285. The van der Waals surface area contributed by atoms with Crippen molar-refractivity contribution in [1.29, 1.82) is 0 Å². The molecule has 0 bridgehead atoms. The molecule has 0 spiro atoms. The molecule has 3 N–H and O–H groups in total. The molecule has 1 aromatic carbocycles. The maximum absolute atomic E-state index is 12.0. The number of fused-ring (bicyclic) bond motifs is 1. The van der Waals surface area contributed by atoms with Gasteiger partial charge in [-0.2, -0.15) is 0 Å². The zero-order valence-electron chi connectivity index (χ0n) is 17.1. The summed E-state index contributed by atoms with van der Waals surface area (Å²) in [6.45, 7) is 8.49. The first kappa shape index (κ1) is 23.4. The average Bonchev–Trinajstić information content (AvgIpc) is 2.64. The largest absolute Gasteiger partial charge is 0.507 e. The van der Waals surface area contributed by atoms with Crippen LogP contribution in [0.15, 0.2) is 31.9 Å². The van der Waals surface area contributed by atoms with Gasteiger partial charge in [0.15, 0.2) is 8.32 Å². The Morgan fingerprint density at radius 1 is 1.24 bits per heavy atom. The van der Waals surface area contributed by atoms with Crippen molar-refractivity contribution in [3.63, 3.8) is 0 Å². The molecule has 1 heterocycles. The molecular formula is C20H28BrNO6Si. The number of aromatic hydroxyl groups is 1. The minimum Gasteiger partial charge on any atom is -0.507 e. The van der Waals surface area contributed by atoms with Crippen LogP contribution in [0, 0.1) is 0 Å². The minimum atomic E-state index is -2.36. The van der Waals surface area contributed by atoms with Crippen molar-refractivity contribution in [1.82, 2.24) is 5.32 Å². The van der Waals surface area contributed by atoms with Gasteiger partial charge in [-0.05, 0) is 45.5 Å². The summed E-state index contributed by atoms with van der Waals surface area (Å²) in [5.74, 6) is -0.0530. The monoisotopic (exact) mass is 485 g/mol. The van der Waals surface area contributed by atoms with Crippen LogP contribution in [0.5, 0.6) is 5.75 Å². The Labute approximate surface area is 179 Å². The Bertz CT molecular complexity index is 919.